The molecule has 1 N–H and O–H groups in total. The number of nitro benzene ring substituents is 1. The summed E-state index contributed by atoms with van der Waals surface area (Å²) in [6, 6.07) is 11.6. The van der Waals surface area contributed by atoms with Crippen LogP contribution in [0.3, 0.4) is 0 Å². The Hall–Kier alpha value is -3.82. The van der Waals surface area contributed by atoms with Crippen molar-refractivity contribution in [2.24, 2.45) is 5.92 Å². The highest BCUT2D eigenvalue weighted by molar-refractivity contribution is 5.93. The van der Waals surface area contributed by atoms with E-state index in [4.69, 9.17) is 14.2 Å². The molecule has 31 heavy (non-hydrogen) atoms. The molecule has 10 heteroatoms. The molecule has 0 aromatic heterocycles. The summed E-state index contributed by atoms with van der Waals surface area (Å²) in [4.78, 5) is 37.2. The zero-order chi connectivity index (χ0) is 21.8. The predicted molar refractivity (Wildman–Crippen MR) is 110 cm³/mol. The van der Waals surface area contributed by atoms with Gasteiger partial charge in [0.05, 0.1) is 10.8 Å². The first kappa shape index (κ1) is 20.5. The van der Waals surface area contributed by atoms with Crippen LogP contribution in [0.2, 0.25) is 0 Å². The molecular formula is C21H21N3O7. The van der Waals surface area contributed by atoms with Gasteiger partial charge in [-0.3, -0.25) is 19.7 Å². The van der Waals surface area contributed by atoms with Crippen molar-refractivity contribution in [2.75, 3.05) is 36.7 Å². The van der Waals surface area contributed by atoms with E-state index < -0.39 is 23.4 Å². The van der Waals surface area contributed by atoms with Crippen molar-refractivity contribution in [3.8, 4) is 11.5 Å². The van der Waals surface area contributed by atoms with Crippen LogP contribution in [0.4, 0.5) is 17.1 Å². The Morgan fingerprint density at radius 1 is 1.13 bits per heavy atom. The van der Waals surface area contributed by atoms with Gasteiger partial charge in [0.1, 0.15) is 5.69 Å². The van der Waals surface area contributed by atoms with Crippen molar-refractivity contribution in [3.05, 3.63) is 52.6 Å². The molecule has 2 aliphatic rings. The van der Waals surface area contributed by atoms with E-state index in [1.807, 2.05) is 4.90 Å². The van der Waals surface area contributed by atoms with Gasteiger partial charge >= 0.3 is 5.97 Å². The molecule has 162 valence electrons. The summed E-state index contributed by atoms with van der Waals surface area (Å²) in [6.45, 7) is 0.737. The number of amides is 1. The van der Waals surface area contributed by atoms with E-state index in [1.165, 1.54) is 6.07 Å². The number of piperidine rings is 1. The van der Waals surface area contributed by atoms with Crippen LogP contribution < -0.4 is 19.7 Å². The van der Waals surface area contributed by atoms with Crippen LogP contribution in [-0.2, 0) is 14.3 Å². The number of nitrogens with one attached hydrogen (secondary N) is 1. The van der Waals surface area contributed by atoms with Gasteiger partial charge in [0.25, 0.3) is 11.6 Å². The fourth-order valence-electron chi connectivity index (χ4n) is 3.67. The van der Waals surface area contributed by atoms with Gasteiger partial charge in [0.2, 0.25) is 6.79 Å². The Bertz CT molecular complexity index is 1000. The number of nitrogens with zero attached hydrogens (tertiary/aromatic N) is 2. The second kappa shape index (κ2) is 8.90. The Morgan fingerprint density at radius 3 is 2.65 bits per heavy atom. The average molecular weight is 427 g/mol. The van der Waals surface area contributed by atoms with Crippen LogP contribution in [0.5, 0.6) is 11.5 Å². The quantitative estimate of drug-likeness (QED) is 0.424. The van der Waals surface area contributed by atoms with Crippen LogP contribution in [0.15, 0.2) is 42.5 Å². The predicted octanol–water partition coefficient (Wildman–Crippen LogP) is 2.72. The number of hydrogen-bond donors (Lipinski definition) is 1. The van der Waals surface area contributed by atoms with Crippen LogP contribution in [0.1, 0.15) is 12.8 Å². The van der Waals surface area contributed by atoms with Gasteiger partial charge in [0.15, 0.2) is 18.1 Å². The van der Waals surface area contributed by atoms with Crippen LogP contribution >= 0.6 is 0 Å². The smallest absolute Gasteiger partial charge is 0.309 e. The number of rotatable bonds is 6. The van der Waals surface area contributed by atoms with E-state index >= 15 is 0 Å². The summed E-state index contributed by atoms with van der Waals surface area (Å²) in [5.41, 5.74) is 1.11. The molecule has 1 amide bonds. The molecule has 1 fully saturated rings. The zero-order valence-electron chi connectivity index (χ0n) is 16.6. The average Bonchev–Trinajstić information content (AvgIpc) is 3.25. The third-order valence-corrected chi connectivity index (χ3v) is 5.25. The second-order valence-electron chi connectivity index (χ2n) is 7.23. The molecule has 0 saturated carbocycles. The number of fused-ring (bicyclic) bond motifs is 1. The van der Waals surface area contributed by atoms with Crippen molar-refractivity contribution < 1.29 is 28.7 Å². The van der Waals surface area contributed by atoms with Crippen LogP contribution in [0, 0.1) is 16.0 Å². The lowest BCUT2D eigenvalue weighted by Crippen LogP contribution is -2.37. The van der Waals surface area contributed by atoms with E-state index in [9.17, 15) is 19.7 Å². The molecule has 0 unspecified atom stereocenters. The minimum absolute atomic E-state index is 0.0451. The summed E-state index contributed by atoms with van der Waals surface area (Å²) in [6.07, 6.45) is 0.989. The molecular weight excluding hydrogens is 406 g/mol. The van der Waals surface area contributed by atoms with E-state index in [-0.39, 0.29) is 18.4 Å². The van der Waals surface area contributed by atoms with Gasteiger partial charge < -0.3 is 24.4 Å². The highest BCUT2D eigenvalue weighted by Crippen LogP contribution is 2.34. The third kappa shape index (κ3) is 4.68. The largest absolute Gasteiger partial charge is 0.455 e. The maximum absolute atomic E-state index is 12.4. The van der Waals surface area contributed by atoms with Gasteiger partial charge in [-0.05, 0) is 31.0 Å². The maximum Gasteiger partial charge on any atom is 0.309 e. The molecule has 0 spiro atoms. The molecule has 2 heterocycles. The van der Waals surface area contributed by atoms with Crippen LogP contribution in [0.25, 0.3) is 0 Å². The summed E-state index contributed by atoms with van der Waals surface area (Å²) in [5.74, 6) is -0.0956. The number of ether oxygens (including phenoxy) is 3. The number of para-hydroxylation sites is 2. The lowest BCUT2D eigenvalue weighted by molar-refractivity contribution is -0.384. The summed E-state index contributed by atoms with van der Waals surface area (Å²) in [5, 5.41) is 13.9. The lowest BCUT2D eigenvalue weighted by Gasteiger charge is -2.32. The number of carbonyl (C=O) groups excluding carboxylic acids is 2. The number of nitro groups is 1. The minimum atomic E-state index is -0.454. The third-order valence-electron chi connectivity index (χ3n) is 5.25. The number of hydrogen-bond acceptors (Lipinski definition) is 8. The first-order chi connectivity index (χ1) is 15.0. The molecule has 10 nitrogen and oxygen atoms in total. The molecule has 2 aliphatic heterocycles. The Balaban J connectivity index is 1.25. The fourth-order valence-corrected chi connectivity index (χ4v) is 3.67. The topological polar surface area (TPSA) is 120 Å². The maximum atomic E-state index is 12.4. The van der Waals surface area contributed by atoms with E-state index in [2.05, 4.69) is 5.32 Å². The molecule has 2 aromatic rings. The Labute approximate surface area is 177 Å². The number of esters is 1. The number of carbonyl (C=O) groups is 2. The normalized spacial score (nSPS) is 15.4. The van der Waals surface area contributed by atoms with Crippen molar-refractivity contribution in [1.29, 1.82) is 0 Å². The summed E-state index contributed by atoms with van der Waals surface area (Å²) < 4.78 is 15.7. The molecule has 0 radical (unpaired) electrons. The second-order valence-corrected chi connectivity index (χ2v) is 7.23. The zero-order valence-corrected chi connectivity index (χ0v) is 16.6. The first-order valence-electron chi connectivity index (χ1n) is 9.86. The van der Waals surface area contributed by atoms with E-state index in [0.717, 1.165) is 0 Å². The number of benzene rings is 2. The first-order valence-corrected chi connectivity index (χ1v) is 9.86. The van der Waals surface area contributed by atoms with Gasteiger partial charge in [0, 0.05) is 30.9 Å². The molecule has 1 saturated heterocycles. The fraction of sp³-hybridized carbons (Fsp3) is 0.333. The highest BCUT2D eigenvalue weighted by Gasteiger charge is 2.29. The molecule has 2 aromatic carbocycles. The van der Waals surface area contributed by atoms with E-state index in [0.29, 0.717) is 48.8 Å². The monoisotopic (exact) mass is 427 g/mol. The highest BCUT2D eigenvalue weighted by atomic mass is 16.7. The summed E-state index contributed by atoms with van der Waals surface area (Å²) in [7, 11) is 0. The van der Waals surface area contributed by atoms with Gasteiger partial charge in [-0.1, -0.05) is 12.1 Å². The van der Waals surface area contributed by atoms with Crippen LogP contribution in [-0.4, -0.2) is 43.3 Å². The van der Waals surface area contributed by atoms with Crippen molar-refractivity contribution in [2.45, 2.75) is 12.8 Å². The standard InChI is InChI=1S/C21H21N3O7/c25-20(22-15-5-6-18-19(11-15)31-13-30-18)12-29-21(26)14-7-9-23(10-8-14)16-3-1-2-4-17(16)24(27)28/h1-6,11,14H,7-10,12-13H2,(H,22,25). The minimum Gasteiger partial charge on any atom is -0.455 e. The van der Waals surface area contributed by atoms with Gasteiger partial charge in [-0.15, -0.1) is 0 Å². The van der Waals surface area contributed by atoms with Crippen molar-refractivity contribution in [1.82, 2.24) is 0 Å². The summed E-state index contributed by atoms with van der Waals surface area (Å²) >= 11 is 0. The molecule has 4 rings (SSSR count). The van der Waals surface area contributed by atoms with Crippen molar-refractivity contribution in [3.63, 3.8) is 0 Å². The van der Waals surface area contributed by atoms with Gasteiger partial charge in [-0.2, -0.15) is 0 Å². The Kier molecular flexibility index (Phi) is 5.87. The molecule has 0 aliphatic carbocycles. The molecule has 0 bridgehead atoms. The SMILES string of the molecule is O=C(COC(=O)C1CCN(c2ccccc2[N+](=O)[O-])CC1)Nc1ccc2c(c1)OCO2. The molecule has 0 atom stereocenters. The number of anilines is 2. The van der Waals surface area contributed by atoms with Crippen molar-refractivity contribution >= 4 is 28.9 Å². The lowest BCUT2D eigenvalue weighted by atomic mass is 9.96. The van der Waals surface area contributed by atoms with E-state index in [1.54, 1.807) is 36.4 Å². The van der Waals surface area contributed by atoms with Gasteiger partial charge in [-0.25, -0.2) is 0 Å². The Morgan fingerprint density at radius 2 is 1.87 bits per heavy atom.